The van der Waals surface area contributed by atoms with Crippen LogP contribution >= 0.6 is 0 Å². The number of hydrogen-bond donors (Lipinski definition) is 2. The molecule has 1 atom stereocenters. The van der Waals surface area contributed by atoms with Crippen LogP contribution in [0.25, 0.3) is 0 Å². The molecule has 1 aromatic heterocycles. The highest BCUT2D eigenvalue weighted by molar-refractivity contribution is 7.89. The fourth-order valence-corrected chi connectivity index (χ4v) is 4.91. The van der Waals surface area contributed by atoms with Crippen LogP contribution in [0.4, 0.5) is 0 Å². The standard InChI is InChI=1S/C14H18N4O4S2/c15-23(19,20)13-3-5-14(6-4-13)24(21,22)18-7-1-2-11(10-18)12-8-16-17-9-12/h3-6,8-9,11H,1-2,7,10H2,(H,16,17)(H2,15,19,20). The number of primary sulfonamides is 1. The van der Waals surface area contributed by atoms with E-state index < -0.39 is 20.0 Å². The summed E-state index contributed by atoms with van der Waals surface area (Å²) in [6.07, 6.45) is 5.14. The van der Waals surface area contributed by atoms with Crippen LogP contribution in [0, 0.1) is 0 Å². The van der Waals surface area contributed by atoms with Crippen molar-refractivity contribution in [2.45, 2.75) is 28.6 Å². The van der Waals surface area contributed by atoms with Crippen LogP contribution in [0.3, 0.4) is 0 Å². The quantitative estimate of drug-likeness (QED) is 0.816. The number of aromatic nitrogens is 2. The van der Waals surface area contributed by atoms with Gasteiger partial charge in [-0.15, -0.1) is 0 Å². The van der Waals surface area contributed by atoms with E-state index in [4.69, 9.17) is 5.14 Å². The molecule has 1 saturated heterocycles. The van der Waals surface area contributed by atoms with Crippen LogP contribution in [0.2, 0.25) is 0 Å². The number of aromatic amines is 1. The van der Waals surface area contributed by atoms with Gasteiger partial charge in [-0.1, -0.05) is 0 Å². The van der Waals surface area contributed by atoms with Gasteiger partial charge in [0.2, 0.25) is 20.0 Å². The molecule has 0 saturated carbocycles. The lowest BCUT2D eigenvalue weighted by Crippen LogP contribution is -2.39. The average Bonchev–Trinajstić information content (AvgIpc) is 3.09. The molecule has 24 heavy (non-hydrogen) atoms. The summed E-state index contributed by atoms with van der Waals surface area (Å²) in [5.74, 6) is 0.0935. The Bertz CT molecular complexity index is 906. The van der Waals surface area contributed by atoms with Crippen molar-refractivity contribution in [2.75, 3.05) is 13.1 Å². The Morgan fingerprint density at radius 1 is 1.12 bits per heavy atom. The van der Waals surface area contributed by atoms with Crippen LogP contribution in [-0.4, -0.2) is 44.4 Å². The summed E-state index contributed by atoms with van der Waals surface area (Å²) in [6, 6.07) is 4.96. The van der Waals surface area contributed by atoms with Crippen molar-refractivity contribution in [3.63, 3.8) is 0 Å². The maximum atomic E-state index is 12.8. The van der Waals surface area contributed by atoms with Gasteiger partial charge in [0, 0.05) is 25.2 Å². The van der Waals surface area contributed by atoms with Gasteiger partial charge in [0.15, 0.2) is 0 Å². The lowest BCUT2D eigenvalue weighted by molar-refractivity contribution is 0.315. The summed E-state index contributed by atoms with van der Waals surface area (Å²) in [4.78, 5) is -0.0564. The van der Waals surface area contributed by atoms with Gasteiger partial charge in [0.25, 0.3) is 0 Å². The van der Waals surface area contributed by atoms with E-state index in [-0.39, 0.29) is 15.7 Å². The third-order valence-electron chi connectivity index (χ3n) is 4.16. The summed E-state index contributed by atoms with van der Waals surface area (Å²) in [5, 5.41) is 11.7. The normalized spacial score (nSPS) is 20.1. The first-order chi connectivity index (χ1) is 11.3. The van der Waals surface area contributed by atoms with Crippen molar-refractivity contribution in [3.05, 3.63) is 42.2 Å². The summed E-state index contributed by atoms with van der Waals surface area (Å²) in [6.45, 7) is 0.812. The van der Waals surface area contributed by atoms with Crippen LogP contribution in [0.5, 0.6) is 0 Å². The molecule has 0 radical (unpaired) electrons. The van der Waals surface area contributed by atoms with Crippen LogP contribution in [0.1, 0.15) is 24.3 Å². The van der Waals surface area contributed by atoms with Crippen molar-refractivity contribution in [2.24, 2.45) is 5.14 Å². The molecule has 8 nitrogen and oxygen atoms in total. The number of piperidine rings is 1. The molecular formula is C14H18N4O4S2. The predicted molar refractivity (Wildman–Crippen MR) is 87.1 cm³/mol. The molecular weight excluding hydrogens is 352 g/mol. The number of H-pyrrole nitrogens is 1. The Morgan fingerprint density at radius 2 is 1.79 bits per heavy atom. The average molecular weight is 370 g/mol. The SMILES string of the molecule is NS(=O)(=O)c1ccc(S(=O)(=O)N2CCCC(c3cn[nH]c3)C2)cc1. The number of benzene rings is 1. The molecule has 1 aromatic carbocycles. The lowest BCUT2D eigenvalue weighted by atomic mass is 9.94. The number of nitrogens with zero attached hydrogens (tertiary/aromatic N) is 2. The maximum absolute atomic E-state index is 12.8. The minimum Gasteiger partial charge on any atom is -0.285 e. The number of nitrogens with two attached hydrogens (primary N) is 1. The predicted octanol–water partition coefficient (Wildman–Crippen LogP) is 0.625. The molecule has 1 unspecified atom stereocenters. The fourth-order valence-electron chi connectivity index (χ4n) is 2.87. The summed E-state index contributed by atoms with van der Waals surface area (Å²) >= 11 is 0. The zero-order valence-electron chi connectivity index (χ0n) is 12.8. The van der Waals surface area contributed by atoms with Crippen LogP contribution in [0.15, 0.2) is 46.5 Å². The smallest absolute Gasteiger partial charge is 0.243 e. The number of sulfonamides is 2. The van der Waals surface area contributed by atoms with E-state index in [9.17, 15) is 16.8 Å². The van der Waals surface area contributed by atoms with Gasteiger partial charge in [-0.3, -0.25) is 5.10 Å². The van der Waals surface area contributed by atoms with Crippen LogP contribution in [-0.2, 0) is 20.0 Å². The molecule has 2 heterocycles. The highest BCUT2D eigenvalue weighted by Gasteiger charge is 2.31. The molecule has 2 aromatic rings. The minimum atomic E-state index is -3.85. The van der Waals surface area contributed by atoms with Crippen molar-refractivity contribution in [1.82, 2.24) is 14.5 Å². The van der Waals surface area contributed by atoms with E-state index in [1.807, 2.05) is 0 Å². The van der Waals surface area contributed by atoms with Gasteiger partial charge in [0.1, 0.15) is 0 Å². The van der Waals surface area contributed by atoms with Crippen molar-refractivity contribution >= 4 is 20.0 Å². The van der Waals surface area contributed by atoms with E-state index in [2.05, 4.69) is 10.2 Å². The molecule has 1 aliphatic heterocycles. The van der Waals surface area contributed by atoms with Gasteiger partial charge in [-0.05, 0) is 42.7 Å². The molecule has 0 aliphatic carbocycles. The van der Waals surface area contributed by atoms with E-state index in [0.29, 0.717) is 13.1 Å². The second-order valence-corrected chi connectivity index (χ2v) is 9.25. The van der Waals surface area contributed by atoms with E-state index in [0.717, 1.165) is 18.4 Å². The van der Waals surface area contributed by atoms with Crippen molar-refractivity contribution < 1.29 is 16.8 Å². The molecule has 1 fully saturated rings. The van der Waals surface area contributed by atoms with Gasteiger partial charge in [-0.2, -0.15) is 9.40 Å². The summed E-state index contributed by atoms with van der Waals surface area (Å²) < 4.78 is 49.6. The first kappa shape index (κ1) is 17.1. The lowest BCUT2D eigenvalue weighted by Gasteiger charge is -2.31. The molecule has 130 valence electrons. The third kappa shape index (κ3) is 3.36. The monoisotopic (exact) mass is 370 g/mol. The molecule has 1 aliphatic rings. The molecule has 0 spiro atoms. The van der Waals surface area contributed by atoms with Gasteiger partial charge < -0.3 is 0 Å². The Labute approximate surface area is 140 Å². The van der Waals surface area contributed by atoms with Gasteiger partial charge >= 0.3 is 0 Å². The number of rotatable bonds is 4. The van der Waals surface area contributed by atoms with Gasteiger partial charge in [-0.25, -0.2) is 22.0 Å². The summed E-state index contributed by atoms with van der Waals surface area (Å²) in [5.41, 5.74) is 0.986. The highest BCUT2D eigenvalue weighted by Crippen LogP contribution is 2.29. The first-order valence-corrected chi connectivity index (χ1v) is 10.4. The third-order valence-corrected chi connectivity index (χ3v) is 6.97. The molecule has 10 heteroatoms. The number of hydrogen-bond acceptors (Lipinski definition) is 5. The fraction of sp³-hybridized carbons (Fsp3) is 0.357. The number of nitrogens with one attached hydrogen (secondary N) is 1. The second-order valence-electron chi connectivity index (χ2n) is 5.75. The van der Waals surface area contributed by atoms with Crippen LogP contribution < -0.4 is 5.14 Å². The van der Waals surface area contributed by atoms with Crippen molar-refractivity contribution in [3.8, 4) is 0 Å². The van der Waals surface area contributed by atoms with E-state index >= 15 is 0 Å². The Kier molecular flexibility index (Phi) is 4.47. The molecule has 3 N–H and O–H groups in total. The Hall–Kier alpha value is -1.75. The minimum absolute atomic E-state index is 0.0581. The molecule has 0 amide bonds. The van der Waals surface area contributed by atoms with E-state index in [1.54, 1.807) is 12.4 Å². The topological polar surface area (TPSA) is 126 Å². The molecule has 0 bridgehead atoms. The van der Waals surface area contributed by atoms with Gasteiger partial charge in [0.05, 0.1) is 16.0 Å². The highest BCUT2D eigenvalue weighted by atomic mass is 32.2. The van der Waals surface area contributed by atoms with Crippen molar-refractivity contribution in [1.29, 1.82) is 0 Å². The Morgan fingerprint density at radius 3 is 2.38 bits per heavy atom. The van der Waals surface area contributed by atoms with E-state index in [1.165, 1.54) is 28.6 Å². The largest absolute Gasteiger partial charge is 0.285 e. The Balaban J connectivity index is 1.84. The zero-order chi connectivity index (χ0) is 17.4. The zero-order valence-corrected chi connectivity index (χ0v) is 14.4. The summed E-state index contributed by atoms with van der Waals surface area (Å²) in [7, 11) is -7.53. The maximum Gasteiger partial charge on any atom is 0.243 e. The second kappa shape index (κ2) is 6.28. The molecule has 3 rings (SSSR count). The first-order valence-electron chi connectivity index (χ1n) is 7.40.